The van der Waals surface area contributed by atoms with Gasteiger partial charge in [0.15, 0.2) is 0 Å². The van der Waals surface area contributed by atoms with Gasteiger partial charge in [-0.2, -0.15) is 0 Å². The summed E-state index contributed by atoms with van der Waals surface area (Å²) in [6.45, 7) is 6.86. The van der Waals surface area contributed by atoms with Gasteiger partial charge in [-0.15, -0.1) is 0 Å². The van der Waals surface area contributed by atoms with E-state index in [0.717, 1.165) is 5.56 Å². The number of rotatable bonds is 7. The van der Waals surface area contributed by atoms with Gasteiger partial charge < -0.3 is 20.1 Å². The Hall–Kier alpha value is -2.57. The van der Waals surface area contributed by atoms with Gasteiger partial charge in [-0.3, -0.25) is 9.59 Å². The first-order valence-corrected chi connectivity index (χ1v) is 8.11. The minimum atomic E-state index is -0.669. The third kappa shape index (κ3) is 10.0. The van der Waals surface area contributed by atoms with Crippen LogP contribution in [0.15, 0.2) is 30.3 Å². The van der Waals surface area contributed by atoms with Gasteiger partial charge in [0.25, 0.3) is 0 Å². The van der Waals surface area contributed by atoms with Crippen LogP contribution in [0.4, 0.5) is 4.79 Å². The van der Waals surface area contributed by atoms with Crippen molar-refractivity contribution in [2.75, 3.05) is 6.54 Å². The number of carbonyl (C=O) groups excluding carboxylic acids is 3. The fourth-order valence-corrected chi connectivity index (χ4v) is 1.89. The molecule has 2 amide bonds. The number of esters is 1. The maximum atomic E-state index is 11.8. The normalized spacial score (nSPS) is 12.0. The maximum Gasteiger partial charge on any atom is 0.408 e. The predicted octanol–water partition coefficient (Wildman–Crippen LogP) is 2.15. The summed E-state index contributed by atoms with van der Waals surface area (Å²) in [7, 11) is 0. The number of alkyl carbamates (subject to hydrolysis) is 1. The molecule has 0 radical (unpaired) electrons. The van der Waals surface area contributed by atoms with E-state index in [0.29, 0.717) is 0 Å². The molecule has 7 nitrogen and oxygen atoms in total. The fourth-order valence-electron chi connectivity index (χ4n) is 1.89. The molecule has 0 heterocycles. The Kier molecular flexibility index (Phi) is 7.91. The molecule has 0 aliphatic rings. The molecule has 0 aromatic heterocycles. The van der Waals surface area contributed by atoms with Crippen LogP contribution in [0.25, 0.3) is 0 Å². The molecular formula is C18H26N2O5. The van der Waals surface area contributed by atoms with Crippen LogP contribution in [0.1, 0.15) is 39.7 Å². The minimum Gasteiger partial charge on any atom is -0.461 e. The van der Waals surface area contributed by atoms with Crippen LogP contribution in [0.3, 0.4) is 0 Å². The zero-order chi connectivity index (χ0) is 18.9. The molecule has 0 fully saturated rings. The SMILES string of the molecule is C[C@H](CC(=O)OCc1ccccc1)NC(=O)CNC(=O)OC(C)(C)C. The molecule has 0 bridgehead atoms. The average molecular weight is 350 g/mol. The van der Waals surface area contributed by atoms with E-state index in [2.05, 4.69) is 10.6 Å². The Morgan fingerprint density at radius 3 is 2.36 bits per heavy atom. The highest BCUT2D eigenvalue weighted by atomic mass is 16.6. The number of nitrogens with one attached hydrogen (secondary N) is 2. The van der Waals surface area contributed by atoms with Crippen molar-refractivity contribution >= 4 is 18.0 Å². The van der Waals surface area contributed by atoms with Crippen LogP contribution < -0.4 is 10.6 Å². The minimum absolute atomic E-state index is 0.0466. The number of amides is 2. The second-order valence-corrected chi connectivity index (χ2v) is 6.67. The van der Waals surface area contributed by atoms with Gasteiger partial charge in [0.1, 0.15) is 18.8 Å². The standard InChI is InChI=1S/C18H26N2O5/c1-13(10-16(22)24-12-14-8-6-5-7-9-14)20-15(21)11-19-17(23)25-18(2,3)4/h5-9,13H,10-12H2,1-4H3,(H,19,23)(H,20,21)/t13-/m1/s1. The molecule has 0 aliphatic heterocycles. The summed E-state index contributed by atoms with van der Waals surface area (Å²) in [5, 5.41) is 4.97. The lowest BCUT2D eigenvalue weighted by Crippen LogP contribution is -2.43. The molecule has 0 saturated carbocycles. The first kappa shape index (κ1) is 20.5. The third-order valence-electron chi connectivity index (χ3n) is 2.92. The highest BCUT2D eigenvalue weighted by Gasteiger charge is 2.17. The van der Waals surface area contributed by atoms with Crippen molar-refractivity contribution in [3.63, 3.8) is 0 Å². The van der Waals surface area contributed by atoms with Crippen LogP contribution in [0, 0.1) is 0 Å². The van der Waals surface area contributed by atoms with Crippen LogP contribution >= 0.6 is 0 Å². The Morgan fingerprint density at radius 1 is 1.12 bits per heavy atom. The van der Waals surface area contributed by atoms with Crippen molar-refractivity contribution in [1.82, 2.24) is 10.6 Å². The summed E-state index contributed by atoms with van der Waals surface area (Å²) < 4.78 is 10.2. The molecule has 2 N–H and O–H groups in total. The lowest BCUT2D eigenvalue weighted by molar-refractivity contribution is -0.145. The van der Waals surface area contributed by atoms with E-state index in [1.165, 1.54) is 0 Å². The van der Waals surface area contributed by atoms with Gasteiger partial charge in [-0.25, -0.2) is 4.79 Å². The van der Waals surface area contributed by atoms with Gasteiger partial charge >= 0.3 is 12.1 Å². The number of carbonyl (C=O) groups is 3. The fraction of sp³-hybridized carbons (Fsp3) is 0.500. The molecule has 0 unspecified atom stereocenters. The molecule has 1 aromatic rings. The van der Waals surface area contributed by atoms with Crippen LogP contribution in [0.5, 0.6) is 0 Å². The molecule has 1 rings (SSSR count). The quantitative estimate of drug-likeness (QED) is 0.735. The van der Waals surface area contributed by atoms with Crippen molar-refractivity contribution in [3.8, 4) is 0 Å². The van der Waals surface area contributed by atoms with Gasteiger partial charge in [-0.1, -0.05) is 30.3 Å². The molecule has 1 aromatic carbocycles. The van der Waals surface area contributed by atoms with E-state index in [1.807, 2.05) is 30.3 Å². The van der Waals surface area contributed by atoms with Crippen LogP contribution in [-0.2, 0) is 25.7 Å². The smallest absolute Gasteiger partial charge is 0.408 e. The average Bonchev–Trinajstić information content (AvgIpc) is 2.50. The molecule has 7 heteroatoms. The van der Waals surface area contributed by atoms with E-state index < -0.39 is 29.6 Å². The second-order valence-electron chi connectivity index (χ2n) is 6.67. The highest BCUT2D eigenvalue weighted by Crippen LogP contribution is 2.06. The molecule has 25 heavy (non-hydrogen) atoms. The number of hydrogen-bond acceptors (Lipinski definition) is 5. The zero-order valence-corrected chi connectivity index (χ0v) is 15.1. The Morgan fingerprint density at radius 2 is 1.76 bits per heavy atom. The maximum absolute atomic E-state index is 11.8. The molecule has 0 saturated heterocycles. The van der Waals surface area contributed by atoms with E-state index in [1.54, 1.807) is 27.7 Å². The first-order chi connectivity index (χ1) is 11.7. The highest BCUT2D eigenvalue weighted by molar-refractivity contribution is 5.83. The molecule has 1 atom stereocenters. The van der Waals surface area contributed by atoms with E-state index in [9.17, 15) is 14.4 Å². The van der Waals surface area contributed by atoms with Crippen molar-refractivity contribution < 1.29 is 23.9 Å². The number of ether oxygens (including phenoxy) is 2. The zero-order valence-electron chi connectivity index (χ0n) is 15.1. The Bertz CT molecular complexity index is 581. The largest absolute Gasteiger partial charge is 0.461 e. The van der Waals surface area contributed by atoms with Crippen molar-refractivity contribution in [2.45, 2.75) is 52.4 Å². The monoisotopic (exact) mass is 350 g/mol. The number of benzene rings is 1. The molecular weight excluding hydrogens is 324 g/mol. The summed E-state index contributed by atoms with van der Waals surface area (Å²) in [5.74, 6) is -0.814. The Labute approximate surface area is 148 Å². The molecule has 0 aliphatic carbocycles. The van der Waals surface area contributed by atoms with Crippen LogP contribution in [-0.4, -0.2) is 36.2 Å². The van der Waals surface area contributed by atoms with E-state index in [4.69, 9.17) is 9.47 Å². The summed E-state index contributed by atoms with van der Waals surface area (Å²) in [6.07, 6.45) is -0.622. The Balaban J connectivity index is 2.24. The van der Waals surface area contributed by atoms with Crippen molar-refractivity contribution in [2.24, 2.45) is 0 Å². The van der Waals surface area contributed by atoms with E-state index in [-0.39, 0.29) is 19.6 Å². The number of hydrogen-bond donors (Lipinski definition) is 2. The summed E-state index contributed by atoms with van der Waals surface area (Å²) >= 11 is 0. The van der Waals surface area contributed by atoms with Gasteiger partial charge in [0.05, 0.1) is 6.42 Å². The van der Waals surface area contributed by atoms with Gasteiger partial charge in [-0.05, 0) is 33.3 Å². The summed E-state index contributed by atoms with van der Waals surface area (Å²) in [5.41, 5.74) is 0.269. The topological polar surface area (TPSA) is 93.7 Å². The lowest BCUT2D eigenvalue weighted by Gasteiger charge is -2.20. The summed E-state index contributed by atoms with van der Waals surface area (Å²) in [4.78, 5) is 35.0. The second kappa shape index (κ2) is 9.66. The van der Waals surface area contributed by atoms with Crippen LogP contribution in [0.2, 0.25) is 0 Å². The molecule has 138 valence electrons. The van der Waals surface area contributed by atoms with E-state index >= 15 is 0 Å². The first-order valence-electron chi connectivity index (χ1n) is 8.11. The van der Waals surface area contributed by atoms with Crippen molar-refractivity contribution in [3.05, 3.63) is 35.9 Å². The lowest BCUT2D eigenvalue weighted by atomic mass is 10.2. The third-order valence-corrected chi connectivity index (χ3v) is 2.92. The van der Waals surface area contributed by atoms with Gasteiger partial charge in [0.2, 0.25) is 5.91 Å². The molecule has 0 spiro atoms. The van der Waals surface area contributed by atoms with Crippen molar-refractivity contribution in [1.29, 1.82) is 0 Å². The summed E-state index contributed by atoms with van der Waals surface area (Å²) in [6, 6.07) is 8.93. The predicted molar refractivity (Wildman–Crippen MR) is 92.7 cm³/mol. The van der Waals surface area contributed by atoms with Gasteiger partial charge in [0, 0.05) is 6.04 Å².